The van der Waals surface area contributed by atoms with Crippen molar-refractivity contribution in [3.63, 3.8) is 0 Å². The number of halogens is 2. The monoisotopic (exact) mass is 577 g/mol. The molecule has 0 aromatic heterocycles. The number of benzene rings is 3. The fourth-order valence-corrected chi connectivity index (χ4v) is 5.50. The Hall–Kier alpha value is -3.27. The van der Waals surface area contributed by atoms with Gasteiger partial charge in [0.15, 0.2) is 0 Å². The number of carbonyl (C=O) groups excluding carboxylic acids is 2. The molecule has 38 heavy (non-hydrogen) atoms. The third-order valence-electron chi connectivity index (χ3n) is 5.80. The van der Waals surface area contributed by atoms with Crippen molar-refractivity contribution in [2.75, 3.05) is 24.5 Å². The van der Waals surface area contributed by atoms with Gasteiger partial charge in [0.2, 0.25) is 11.8 Å². The average molecular weight is 579 g/mol. The van der Waals surface area contributed by atoms with Gasteiger partial charge in [-0.25, -0.2) is 8.42 Å². The van der Waals surface area contributed by atoms with Crippen LogP contribution in [0.4, 0.5) is 5.69 Å². The molecule has 0 saturated heterocycles. The molecule has 0 fully saturated rings. The molecule has 2 amide bonds. The van der Waals surface area contributed by atoms with Crippen molar-refractivity contribution in [3.8, 4) is 5.75 Å². The Morgan fingerprint density at radius 1 is 0.974 bits per heavy atom. The van der Waals surface area contributed by atoms with Gasteiger partial charge in [-0.15, -0.1) is 0 Å². The zero-order valence-electron chi connectivity index (χ0n) is 21.2. The van der Waals surface area contributed by atoms with Crippen LogP contribution in [-0.4, -0.2) is 51.4 Å². The molecule has 8 nitrogen and oxygen atoms in total. The molecule has 0 spiro atoms. The molecule has 0 bridgehead atoms. The maximum atomic E-state index is 13.8. The van der Waals surface area contributed by atoms with Gasteiger partial charge in [0.05, 0.1) is 17.7 Å². The molecule has 0 radical (unpaired) electrons. The summed E-state index contributed by atoms with van der Waals surface area (Å²) in [6.45, 7) is 3.25. The summed E-state index contributed by atoms with van der Waals surface area (Å²) in [5.41, 5.74) is 0.935. The lowest BCUT2D eigenvalue weighted by Gasteiger charge is -2.32. The lowest BCUT2D eigenvalue weighted by molar-refractivity contribution is -0.139. The second-order valence-corrected chi connectivity index (χ2v) is 11.1. The Morgan fingerprint density at radius 2 is 1.63 bits per heavy atom. The number of rotatable bonds is 11. The van der Waals surface area contributed by atoms with E-state index in [2.05, 4.69) is 5.32 Å². The molecule has 0 aliphatic heterocycles. The molecule has 11 heteroatoms. The van der Waals surface area contributed by atoms with E-state index < -0.39 is 28.5 Å². The number of hydrogen-bond acceptors (Lipinski definition) is 5. The smallest absolute Gasteiger partial charge is 0.264 e. The minimum absolute atomic E-state index is 0.0285. The van der Waals surface area contributed by atoms with Crippen LogP contribution < -0.4 is 14.4 Å². The van der Waals surface area contributed by atoms with E-state index in [0.29, 0.717) is 27.9 Å². The van der Waals surface area contributed by atoms with Crippen molar-refractivity contribution in [1.82, 2.24) is 10.2 Å². The van der Waals surface area contributed by atoms with Gasteiger partial charge < -0.3 is 15.0 Å². The zero-order valence-corrected chi connectivity index (χ0v) is 23.6. The molecular formula is C27H29Cl2N3O5S. The number of amides is 2. The highest BCUT2D eigenvalue weighted by Gasteiger charge is 2.32. The highest BCUT2D eigenvalue weighted by Crippen LogP contribution is 2.27. The second-order valence-electron chi connectivity index (χ2n) is 8.39. The summed E-state index contributed by atoms with van der Waals surface area (Å²) in [5, 5.41) is 3.61. The van der Waals surface area contributed by atoms with E-state index in [4.69, 9.17) is 27.9 Å². The summed E-state index contributed by atoms with van der Waals surface area (Å²) in [5.74, 6) is -0.448. The summed E-state index contributed by atoms with van der Waals surface area (Å²) >= 11 is 12.2. The van der Waals surface area contributed by atoms with Crippen molar-refractivity contribution < 1.29 is 22.7 Å². The molecule has 3 aromatic rings. The SMILES string of the molecule is CCNC(=O)C(C)N(Cc1cccc(Cl)c1)C(=O)CN(c1ccc(Cl)cc1)S(=O)(=O)c1ccc(OC)cc1. The number of nitrogens with zero attached hydrogens (tertiary/aromatic N) is 2. The Labute approximate surface area is 233 Å². The number of anilines is 1. The quantitative estimate of drug-likeness (QED) is 0.354. The fourth-order valence-electron chi connectivity index (χ4n) is 3.75. The first-order chi connectivity index (χ1) is 18.1. The van der Waals surface area contributed by atoms with Crippen LogP contribution in [-0.2, 0) is 26.2 Å². The Morgan fingerprint density at radius 3 is 2.21 bits per heavy atom. The van der Waals surface area contributed by atoms with Crippen LogP contribution in [0.25, 0.3) is 0 Å². The molecular weight excluding hydrogens is 549 g/mol. The molecule has 0 aliphatic rings. The third kappa shape index (κ3) is 7.18. The predicted octanol–water partition coefficient (Wildman–Crippen LogP) is 4.75. The van der Waals surface area contributed by atoms with Gasteiger partial charge in [0.1, 0.15) is 18.3 Å². The third-order valence-corrected chi connectivity index (χ3v) is 8.08. The van der Waals surface area contributed by atoms with Gasteiger partial charge in [0, 0.05) is 23.1 Å². The molecule has 3 rings (SSSR count). The number of nitrogens with one attached hydrogen (secondary N) is 1. The molecule has 0 aliphatic carbocycles. The van der Waals surface area contributed by atoms with E-state index in [1.807, 2.05) is 0 Å². The fraction of sp³-hybridized carbons (Fsp3) is 0.259. The predicted molar refractivity (Wildman–Crippen MR) is 149 cm³/mol. The molecule has 3 aromatic carbocycles. The second kappa shape index (κ2) is 13.0. The number of carbonyl (C=O) groups is 2. The van der Waals surface area contributed by atoms with Crippen LogP contribution in [0.1, 0.15) is 19.4 Å². The average Bonchev–Trinajstić information content (AvgIpc) is 2.90. The topological polar surface area (TPSA) is 96.0 Å². The summed E-state index contributed by atoms with van der Waals surface area (Å²) in [4.78, 5) is 27.8. The number of hydrogen-bond donors (Lipinski definition) is 1. The lowest BCUT2D eigenvalue weighted by atomic mass is 10.1. The van der Waals surface area contributed by atoms with Gasteiger partial charge in [-0.05, 0) is 80.1 Å². The first-order valence-corrected chi connectivity index (χ1v) is 14.0. The normalized spacial score (nSPS) is 11.9. The van der Waals surface area contributed by atoms with Crippen LogP contribution in [0.2, 0.25) is 10.0 Å². The Kier molecular flexibility index (Phi) is 10.0. The summed E-state index contributed by atoms with van der Waals surface area (Å²) in [6, 6.07) is 18.0. The zero-order chi connectivity index (χ0) is 27.9. The standard InChI is InChI=1S/C27H29Cl2N3O5S/c1-4-30-27(34)19(2)31(17-20-6-5-7-22(29)16-20)26(33)18-32(23-10-8-21(28)9-11-23)38(35,36)25-14-12-24(37-3)13-15-25/h5-16,19H,4,17-18H2,1-3H3,(H,30,34). The first kappa shape index (κ1) is 29.3. The van der Waals surface area contributed by atoms with E-state index in [1.54, 1.807) is 50.2 Å². The highest BCUT2D eigenvalue weighted by molar-refractivity contribution is 7.92. The number of ether oxygens (including phenoxy) is 1. The van der Waals surface area contributed by atoms with Crippen molar-refractivity contribution in [1.29, 1.82) is 0 Å². The lowest BCUT2D eigenvalue weighted by Crippen LogP contribution is -2.51. The van der Waals surface area contributed by atoms with E-state index in [0.717, 1.165) is 4.31 Å². The first-order valence-electron chi connectivity index (χ1n) is 11.8. The van der Waals surface area contributed by atoms with Crippen LogP contribution in [0.3, 0.4) is 0 Å². The summed E-state index contributed by atoms with van der Waals surface area (Å²) in [7, 11) is -2.71. The molecule has 1 N–H and O–H groups in total. The van der Waals surface area contributed by atoms with Gasteiger partial charge in [-0.2, -0.15) is 0 Å². The van der Waals surface area contributed by atoms with Crippen molar-refractivity contribution in [2.24, 2.45) is 0 Å². The van der Waals surface area contributed by atoms with E-state index in [9.17, 15) is 18.0 Å². The molecule has 0 heterocycles. The number of methoxy groups -OCH3 is 1. The van der Waals surface area contributed by atoms with Crippen molar-refractivity contribution >= 4 is 50.7 Å². The van der Waals surface area contributed by atoms with E-state index >= 15 is 0 Å². The van der Waals surface area contributed by atoms with Crippen LogP contribution >= 0.6 is 23.2 Å². The molecule has 202 valence electrons. The van der Waals surface area contributed by atoms with Crippen LogP contribution in [0.15, 0.2) is 77.7 Å². The van der Waals surface area contributed by atoms with Gasteiger partial charge in [0.25, 0.3) is 10.0 Å². The Bertz CT molecular complexity index is 1370. The van der Waals surface area contributed by atoms with Crippen LogP contribution in [0.5, 0.6) is 5.75 Å². The summed E-state index contributed by atoms with van der Waals surface area (Å²) in [6.07, 6.45) is 0. The number of sulfonamides is 1. The van der Waals surface area contributed by atoms with E-state index in [-0.39, 0.29) is 23.0 Å². The largest absolute Gasteiger partial charge is 0.497 e. The molecule has 1 unspecified atom stereocenters. The maximum Gasteiger partial charge on any atom is 0.264 e. The Balaban J connectivity index is 2.02. The molecule has 1 atom stereocenters. The minimum atomic E-state index is -4.19. The van der Waals surface area contributed by atoms with Gasteiger partial charge in [-0.1, -0.05) is 35.3 Å². The number of likely N-dealkylation sites (N-methyl/N-ethyl adjacent to an activating group) is 1. The minimum Gasteiger partial charge on any atom is -0.497 e. The van der Waals surface area contributed by atoms with Crippen molar-refractivity contribution in [2.45, 2.75) is 31.3 Å². The highest BCUT2D eigenvalue weighted by atomic mass is 35.5. The van der Waals surface area contributed by atoms with Gasteiger partial charge >= 0.3 is 0 Å². The summed E-state index contributed by atoms with van der Waals surface area (Å²) < 4.78 is 33.7. The van der Waals surface area contributed by atoms with Crippen molar-refractivity contribution in [3.05, 3.63) is 88.4 Å². The van der Waals surface area contributed by atoms with Gasteiger partial charge in [-0.3, -0.25) is 13.9 Å². The maximum absolute atomic E-state index is 13.8. The van der Waals surface area contributed by atoms with Crippen LogP contribution in [0, 0.1) is 0 Å². The van der Waals surface area contributed by atoms with E-state index in [1.165, 1.54) is 48.4 Å². The molecule has 0 saturated carbocycles.